The van der Waals surface area contributed by atoms with Crippen LogP contribution in [0.15, 0.2) is 83.5 Å². The van der Waals surface area contributed by atoms with Crippen molar-refractivity contribution in [1.29, 1.82) is 0 Å². The maximum atomic E-state index is 14.6. The van der Waals surface area contributed by atoms with Gasteiger partial charge in [-0.2, -0.15) is 0 Å². The average Bonchev–Trinajstić information content (AvgIpc) is 3.92. The summed E-state index contributed by atoms with van der Waals surface area (Å²) >= 11 is 14.5. The largest absolute Gasteiger partial charge is 0.462 e. The highest BCUT2D eigenvalue weighted by Gasteiger charge is 2.61. The van der Waals surface area contributed by atoms with Gasteiger partial charge in [0.25, 0.3) is 0 Å². The first-order chi connectivity index (χ1) is 27.6. The molecule has 1 N–H and O–H groups in total. The number of hydrogen-bond donors (Lipinski definition) is 1. The second-order valence-electron chi connectivity index (χ2n) is 16.2. The lowest BCUT2D eigenvalue weighted by Crippen LogP contribution is -2.59. The number of esters is 3. The maximum absolute atomic E-state index is 14.6. The molecule has 12 atom stereocenters. The van der Waals surface area contributed by atoms with E-state index in [1.165, 1.54) is 0 Å². The van der Waals surface area contributed by atoms with Crippen LogP contribution in [0.3, 0.4) is 0 Å². The monoisotopic (exact) mass is 872 g/mol. The van der Waals surface area contributed by atoms with Gasteiger partial charge in [0.15, 0.2) is 11.9 Å². The molecular formula is C44H50Cl2O10S2. The molecule has 312 valence electrons. The number of halogens is 2. The van der Waals surface area contributed by atoms with Crippen LogP contribution in [-0.2, 0) is 33.2 Å². The van der Waals surface area contributed by atoms with Crippen molar-refractivity contribution in [2.75, 3.05) is 6.61 Å². The molecule has 10 nitrogen and oxygen atoms in total. The minimum absolute atomic E-state index is 0.0452. The number of fused-ring (bicyclic) bond motifs is 2. The van der Waals surface area contributed by atoms with E-state index in [2.05, 4.69) is 26.8 Å². The summed E-state index contributed by atoms with van der Waals surface area (Å²) in [4.78, 5) is 42.0. The summed E-state index contributed by atoms with van der Waals surface area (Å²) < 4.78 is 39.4. The number of carbonyl (C=O) groups excluding carboxylic acids is 3. The van der Waals surface area contributed by atoms with Crippen LogP contribution in [0.25, 0.3) is 0 Å². The van der Waals surface area contributed by atoms with Gasteiger partial charge in [-0.25, -0.2) is 9.59 Å². The Kier molecular flexibility index (Phi) is 13.0. The Hall–Kier alpha value is -3.07. The first kappa shape index (κ1) is 43.0. The van der Waals surface area contributed by atoms with Crippen molar-refractivity contribution in [1.82, 2.24) is 0 Å². The molecule has 5 aliphatic rings. The molecule has 2 saturated heterocycles. The summed E-state index contributed by atoms with van der Waals surface area (Å²) in [6.07, 6.45) is 11.0. The molecule has 0 saturated carbocycles. The molecule has 14 heteroatoms. The highest BCUT2D eigenvalue weighted by molar-refractivity contribution is 7.18. The molecule has 2 aromatic rings. The van der Waals surface area contributed by atoms with Crippen molar-refractivity contribution in [3.8, 4) is 0 Å². The summed E-state index contributed by atoms with van der Waals surface area (Å²) in [5, 5.41) is 12.8. The molecule has 2 aromatic heterocycles. The Bertz CT molecular complexity index is 2050. The first-order valence-electron chi connectivity index (χ1n) is 19.9. The second-order valence-corrected chi connectivity index (χ2v) is 19.6. The van der Waals surface area contributed by atoms with E-state index in [0.717, 1.165) is 34.7 Å². The Morgan fingerprint density at radius 3 is 2.26 bits per heavy atom. The predicted octanol–water partition coefficient (Wildman–Crippen LogP) is 9.47. The number of thiophene rings is 2. The molecular weight excluding hydrogens is 824 g/mol. The van der Waals surface area contributed by atoms with Gasteiger partial charge in [-0.05, 0) is 73.2 Å². The molecule has 4 aliphatic heterocycles. The van der Waals surface area contributed by atoms with E-state index in [9.17, 15) is 19.5 Å². The van der Waals surface area contributed by atoms with Gasteiger partial charge in [-0.15, -0.1) is 22.7 Å². The standard InChI is InChI=1S/C44H50Cl2O10S2/c1-7-23(2)37-26(5)17-18-43(56-37)21-30-20-29(55-43)12-11-25(4)36(53-41(48)32-13-15-34(45)57-32)24(3)9-8-10-28-22-51-39-38(54-42(49)33-14-16-35(46)58-33)27(6)19-31(40(47)52-30)44(28,39)50/h8-11,13-19,23-24,26,29-31,36-39,50H,7,12,20-22H2,1-6H3/b9-8+,25-11+,28-10+/t23-,24-,26-,29+,30-,31-,36-,37+,38+,39+,43+,44+/m0/s1. The van der Waals surface area contributed by atoms with Gasteiger partial charge in [0.1, 0.15) is 39.6 Å². The van der Waals surface area contributed by atoms with E-state index in [4.69, 9.17) is 51.6 Å². The minimum atomic E-state index is -1.94. The fraction of sp³-hybridized carbons (Fsp3) is 0.523. The topological polar surface area (TPSA) is 127 Å². The molecule has 0 amide bonds. The molecule has 1 aliphatic carbocycles. The molecule has 7 rings (SSSR count). The Balaban J connectivity index is 1.28. The molecule has 0 radical (unpaired) electrons. The zero-order valence-electron chi connectivity index (χ0n) is 33.4. The molecule has 0 aromatic carbocycles. The lowest BCUT2D eigenvalue weighted by atomic mass is 9.70. The van der Waals surface area contributed by atoms with Gasteiger partial charge in [0, 0.05) is 24.7 Å². The van der Waals surface area contributed by atoms with Crippen LogP contribution in [0, 0.1) is 23.7 Å². The van der Waals surface area contributed by atoms with Gasteiger partial charge in [-0.1, -0.05) is 93.8 Å². The molecule has 2 fully saturated rings. The number of ether oxygens (including phenoxy) is 6. The zero-order valence-corrected chi connectivity index (χ0v) is 36.5. The SMILES string of the molecule is CC[C@H](C)[C@H]1O[C@]2(C=C[C@@H]1C)C[C@@H]1C[C@@H](C/C=C(\C)[C@@H](OC(=O)c3ccc(Cl)s3)[C@@H](C)/C=C/C=C3\CO[C@@H]4[C@H](OC(=O)c5ccc(Cl)s5)C(C)=C[C@@H](C(=O)O1)[C@]34O)O2. The molecule has 0 unspecified atom stereocenters. The summed E-state index contributed by atoms with van der Waals surface area (Å²) in [6.45, 7) is 12.0. The molecule has 58 heavy (non-hydrogen) atoms. The summed E-state index contributed by atoms with van der Waals surface area (Å²) in [5.41, 5.74) is -0.198. The van der Waals surface area contributed by atoms with Crippen LogP contribution >= 0.6 is 45.9 Å². The van der Waals surface area contributed by atoms with E-state index < -0.39 is 65.7 Å². The van der Waals surface area contributed by atoms with Crippen molar-refractivity contribution in [2.24, 2.45) is 23.7 Å². The van der Waals surface area contributed by atoms with Crippen molar-refractivity contribution in [2.45, 2.75) is 115 Å². The van der Waals surface area contributed by atoms with Crippen molar-refractivity contribution < 1.29 is 47.9 Å². The highest BCUT2D eigenvalue weighted by Crippen LogP contribution is 2.48. The van der Waals surface area contributed by atoms with Crippen molar-refractivity contribution in [3.63, 3.8) is 0 Å². The number of rotatable bonds is 6. The van der Waals surface area contributed by atoms with Crippen LogP contribution in [0.1, 0.15) is 86.6 Å². The van der Waals surface area contributed by atoms with Crippen molar-refractivity contribution >= 4 is 63.8 Å². The summed E-state index contributed by atoms with van der Waals surface area (Å²) in [6, 6.07) is 6.49. The van der Waals surface area contributed by atoms with Gasteiger partial charge < -0.3 is 33.5 Å². The third kappa shape index (κ3) is 8.72. The minimum Gasteiger partial charge on any atom is -0.462 e. The lowest BCUT2D eigenvalue weighted by Gasteiger charge is -2.48. The van der Waals surface area contributed by atoms with Crippen LogP contribution < -0.4 is 0 Å². The molecule has 1 spiro atoms. The fourth-order valence-electron chi connectivity index (χ4n) is 8.68. The second kappa shape index (κ2) is 17.5. The summed E-state index contributed by atoms with van der Waals surface area (Å²) in [5.74, 6) is -4.05. The van der Waals surface area contributed by atoms with Gasteiger partial charge in [0.2, 0.25) is 0 Å². The van der Waals surface area contributed by atoms with Crippen molar-refractivity contribution in [3.05, 3.63) is 102 Å². The van der Waals surface area contributed by atoms with E-state index >= 15 is 0 Å². The van der Waals surface area contributed by atoms with Gasteiger partial charge >= 0.3 is 17.9 Å². The quantitative estimate of drug-likeness (QED) is 0.170. The van der Waals surface area contributed by atoms with Crippen LogP contribution in [-0.4, -0.2) is 77.6 Å². The normalized spacial score (nSPS) is 38.0. The Morgan fingerprint density at radius 1 is 0.948 bits per heavy atom. The van der Waals surface area contributed by atoms with Crippen LogP contribution in [0.2, 0.25) is 8.67 Å². The van der Waals surface area contributed by atoms with E-state index in [1.807, 2.05) is 32.1 Å². The van der Waals surface area contributed by atoms with Crippen LogP contribution in [0.4, 0.5) is 0 Å². The molecule has 6 heterocycles. The summed E-state index contributed by atoms with van der Waals surface area (Å²) in [7, 11) is 0. The number of aliphatic hydroxyl groups is 1. The smallest absolute Gasteiger partial charge is 0.349 e. The fourth-order valence-corrected chi connectivity index (χ4v) is 10.5. The maximum Gasteiger partial charge on any atom is 0.349 e. The van der Waals surface area contributed by atoms with Gasteiger partial charge in [0.05, 0.1) is 27.5 Å². The Labute approximate surface area is 357 Å². The van der Waals surface area contributed by atoms with E-state index in [-0.39, 0.29) is 36.9 Å². The lowest BCUT2D eigenvalue weighted by molar-refractivity contribution is -0.300. The Morgan fingerprint density at radius 2 is 1.62 bits per heavy atom. The zero-order chi connectivity index (χ0) is 41.5. The average molecular weight is 874 g/mol. The number of hydrogen-bond acceptors (Lipinski definition) is 12. The number of allylic oxidation sites excluding steroid dienone is 2. The predicted molar refractivity (Wildman–Crippen MR) is 223 cm³/mol. The van der Waals surface area contributed by atoms with Gasteiger partial charge in [-0.3, -0.25) is 4.79 Å². The third-order valence-corrected chi connectivity index (χ3v) is 14.4. The van der Waals surface area contributed by atoms with Crippen LogP contribution in [0.5, 0.6) is 0 Å². The third-order valence-electron chi connectivity index (χ3n) is 12.0. The molecule has 2 bridgehead atoms. The number of carbonyl (C=O) groups is 3. The first-order valence-corrected chi connectivity index (χ1v) is 22.2. The highest BCUT2D eigenvalue weighted by atomic mass is 35.5. The van der Waals surface area contributed by atoms with E-state index in [1.54, 1.807) is 49.4 Å². The van der Waals surface area contributed by atoms with E-state index in [0.29, 0.717) is 42.4 Å².